The Kier molecular flexibility index (Phi) is 2.49. The number of imidazole rings is 1. The van der Waals surface area contributed by atoms with Gasteiger partial charge >= 0.3 is 0 Å². The van der Waals surface area contributed by atoms with Gasteiger partial charge in [0.2, 0.25) is 0 Å². The molecule has 3 atom stereocenters. The van der Waals surface area contributed by atoms with Crippen molar-refractivity contribution < 1.29 is 4.74 Å². The van der Waals surface area contributed by atoms with Gasteiger partial charge < -0.3 is 14.6 Å². The van der Waals surface area contributed by atoms with Gasteiger partial charge in [0.05, 0.1) is 23.9 Å². The first-order chi connectivity index (χ1) is 8.86. The summed E-state index contributed by atoms with van der Waals surface area (Å²) in [5, 5.41) is 3.42. The Hall–Kier alpha value is -0.870. The van der Waals surface area contributed by atoms with Gasteiger partial charge in [0, 0.05) is 31.6 Å². The highest BCUT2D eigenvalue weighted by Crippen LogP contribution is 2.43. The molecule has 2 saturated heterocycles. The van der Waals surface area contributed by atoms with Crippen molar-refractivity contribution in [2.24, 2.45) is 0 Å². The molecule has 0 aliphatic carbocycles. The molecule has 3 unspecified atom stereocenters. The summed E-state index contributed by atoms with van der Waals surface area (Å²) >= 11 is 0. The number of aryl methyl sites for hydroxylation is 1. The summed E-state index contributed by atoms with van der Waals surface area (Å²) in [6.45, 7) is 4.24. The molecule has 0 amide bonds. The maximum atomic E-state index is 6.03. The predicted octanol–water partition coefficient (Wildman–Crippen LogP) is 1.58. The normalized spacial score (nSPS) is 33.9. The third-order valence-corrected chi connectivity index (χ3v) is 4.72. The van der Waals surface area contributed by atoms with E-state index in [-0.39, 0.29) is 0 Å². The monoisotopic (exact) mass is 247 g/mol. The maximum absolute atomic E-state index is 6.03. The fourth-order valence-electron chi connectivity index (χ4n) is 3.91. The maximum Gasteiger partial charge on any atom is 0.109 e. The van der Waals surface area contributed by atoms with Crippen molar-refractivity contribution in [2.45, 2.75) is 63.8 Å². The zero-order chi connectivity index (χ0) is 12.1. The molecule has 3 aliphatic heterocycles. The Morgan fingerprint density at radius 1 is 1.44 bits per heavy atom. The summed E-state index contributed by atoms with van der Waals surface area (Å²) in [7, 11) is 0. The smallest absolute Gasteiger partial charge is 0.109 e. The van der Waals surface area contributed by atoms with E-state index in [2.05, 4.69) is 16.8 Å². The van der Waals surface area contributed by atoms with Gasteiger partial charge in [-0.15, -0.1) is 0 Å². The van der Waals surface area contributed by atoms with E-state index >= 15 is 0 Å². The molecule has 18 heavy (non-hydrogen) atoms. The van der Waals surface area contributed by atoms with Crippen molar-refractivity contribution in [3.63, 3.8) is 0 Å². The lowest BCUT2D eigenvalue weighted by Gasteiger charge is -2.25. The number of hydrogen-bond acceptors (Lipinski definition) is 3. The summed E-state index contributed by atoms with van der Waals surface area (Å²) in [5.74, 6) is 1.27. The van der Waals surface area contributed by atoms with Crippen LogP contribution in [0.1, 0.15) is 49.4 Å². The molecule has 0 aromatic carbocycles. The third-order valence-electron chi connectivity index (χ3n) is 4.72. The lowest BCUT2D eigenvalue weighted by molar-refractivity contribution is 0.0931. The minimum Gasteiger partial charge on any atom is -0.373 e. The molecule has 1 aromatic rings. The molecule has 0 radical (unpaired) electrons. The van der Waals surface area contributed by atoms with Crippen molar-refractivity contribution in [2.75, 3.05) is 6.54 Å². The molecule has 2 fully saturated rings. The number of fused-ring (bicyclic) bond motifs is 3. The minimum atomic E-state index is 0.452. The number of ether oxygens (including phenoxy) is 1. The SMILES string of the molecule is CCc1nc2c(n1C1CC3CCC1O3)CCNC2. The second-order valence-electron chi connectivity index (χ2n) is 5.75. The van der Waals surface area contributed by atoms with Gasteiger partial charge in [-0.05, 0) is 19.3 Å². The zero-order valence-electron chi connectivity index (χ0n) is 11.0. The van der Waals surface area contributed by atoms with Gasteiger partial charge in [-0.3, -0.25) is 0 Å². The summed E-state index contributed by atoms with van der Waals surface area (Å²) in [6, 6.07) is 0.563. The van der Waals surface area contributed by atoms with Crippen molar-refractivity contribution in [1.29, 1.82) is 0 Å². The van der Waals surface area contributed by atoms with Gasteiger partial charge in [-0.1, -0.05) is 6.92 Å². The van der Waals surface area contributed by atoms with Crippen LogP contribution in [0, 0.1) is 0 Å². The summed E-state index contributed by atoms with van der Waals surface area (Å²) in [6.07, 6.45) is 6.83. The van der Waals surface area contributed by atoms with Crippen LogP contribution in [0.15, 0.2) is 0 Å². The number of nitrogens with zero attached hydrogens (tertiary/aromatic N) is 2. The van der Waals surface area contributed by atoms with Crippen LogP contribution >= 0.6 is 0 Å². The van der Waals surface area contributed by atoms with Crippen LogP contribution in [-0.4, -0.2) is 28.3 Å². The molecular formula is C14H21N3O. The molecule has 98 valence electrons. The van der Waals surface area contributed by atoms with Crippen molar-refractivity contribution >= 4 is 0 Å². The molecule has 4 heteroatoms. The molecule has 4 heterocycles. The Balaban J connectivity index is 1.76. The Morgan fingerprint density at radius 3 is 3.11 bits per heavy atom. The molecule has 1 N–H and O–H groups in total. The fraction of sp³-hybridized carbons (Fsp3) is 0.786. The van der Waals surface area contributed by atoms with E-state index in [0.717, 1.165) is 25.9 Å². The lowest BCUT2D eigenvalue weighted by Crippen LogP contribution is -2.29. The Bertz CT molecular complexity index is 468. The predicted molar refractivity (Wildman–Crippen MR) is 68.6 cm³/mol. The molecule has 0 spiro atoms. The molecule has 3 aliphatic rings. The van der Waals surface area contributed by atoms with Crippen molar-refractivity contribution in [1.82, 2.24) is 14.9 Å². The van der Waals surface area contributed by atoms with Crippen LogP contribution in [0.25, 0.3) is 0 Å². The van der Waals surface area contributed by atoms with Crippen LogP contribution in [0.4, 0.5) is 0 Å². The molecule has 4 rings (SSSR count). The summed E-state index contributed by atoms with van der Waals surface area (Å²) in [4.78, 5) is 4.84. The van der Waals surface area contributed by atoms with Crippen molar-refractivity contribution in [3.8, 4) is 0 Å². The van der Waals surface area contributed by atoms with Gasteiger partial charge in [0.15, 0.2) is 0 Å². The van der Waals surface area contributed by atoms with E-state index in [9.17, 15) is 0 Å². The first-order valence-corrected chi connectivity index (χ1v) is 7.32. The quantitative estimate of drug-likeness (QED) is 0.862. The van der Waals surface area contributed by atoms with E-state index in [1.807, 2.05) is 0 Å². The summed E-state index contributed by atoms with van der Waals surface area (Å²) < 4.78 is 8.58. The number of hydrogen-bond donors (Lipinski definition) is 1. The van der Waals surface area contributed by atoms with Gasteiger partial charge in [0.1, 0.15) is 5.82 Å². The van der Waals surface area contributed by atoms with Gasteiger partial charge in [-0.25, -0.2) is 4.98 Å². The second-order valence-corrected chi connectivity index (χ2v) is 5.75. The van der Waals surface area contributed by atoms with E-state index < -0.39 is 0 Å². The van der Waals surface area contributed by atoms with E-state index in [1.165, 1.54) is 36.5 Å². The average Bonchev–Trinajstić information content (AvgIpc) is 3.10. The first-order valence-electron chi connectivity index (χ1n) is 7.32. The number of rotatable bonds is 2. The van der Waals surface area contributed by atoms with E-state index in [4.69, 9.17) is 9.72 Å². The van der Waals surface area contributed by atoms with Crippen LogP contribution < -0.4 is 5.32 Å². The Labute approximate surface area is 108 Å². The van der Waals surface area contributed by atoms with Crippen LogP contribution in [0.2, 0.25) is 0 Å². The molecule has 0 saturated carbocycles. The van der Waals surface area contributed by atoms with Gasteiger partial charge in [0.25, 0.3) is 0 Å². The van der Waals surface area contributed by atoms with E-state index in [1.54, 1.807) is 0 Å². The summed E-state index contributed by atoms with van der Waals surface area (Å²) in [5.41, 5.74) is 2.76. The topological polar surface area (TPSA) is 39.1 Å². The highest BCUT2D eigenvalue weighted by Gasteiger charge is 2.43. The highest BCUT2D eigenvalue weighted by atomic mass is 16.5. The largest absolute Gasteiger partial charge is 0.373 e. The second kappa shape index (κ2) is 4.07. The fourth-order valence-corrected chi connectivity index (χ4v) is 3.91. The van der Waals surface area contributed by atoms with Crippen LogP contribution in [-0.2, 0) is 24.1 Å². The molecule has 2 bridgehead atoms. The van der Waals surface area contributed by atoms with E-state index in [0.29, 0.717) is 18.2 Å². The standard InChI is InChI=1S/C14H21N3O/c1-2-14-16-10-8-15-6-5-11(10)17(14)12-7-9-3-4-13(12)18-9/h9,12-13,15H,2-8H2,1H3. The average molecular weight is 247 g/mol. The lowest BCUT2D eigenvalue weighted by atomic mass is 9.94. The first kappa shape index (κ1) is 11.0. The van der Waals surface area contributed by atoms with Crippen LogP contribution in [0.5, 0.6) is 0 Å². The minimum absolute atomic E-state index is 0.452. The van der Waals surface area contributed by atoms with Crippen LogP contribution in [0.3, 0.4) is 0 Å². The number of nitrogens with one attached hydrogen (secondary N) is 1. The van der Waals surface area contributed by atoms with Gasteiger partial charge in [-0.2, -0.15) is 0 Å². The molecule has 1 aromatic heterocycles. The highest BCUT2D eigenvalue weighted by molar-refractivity contribution is 5.22. The Morgan fingerprint density at radius 2 is 2.39 bits per heavy atom. The number of aromatic nitrogens is 2. The third kappa shape index (κ3) is 1.48. The van der Waals surface area contributed by atoms with Crippen molar-refractivity contribution in [3.05, 3.63) is 17.2 Å². The zero-order valence-corrected chi connectivity index (χ0v) is 11.0. The molecule has 4 nitrogen and oxygen atoms in total. The molecular weight excluding hydrogens is 226 g/mol.